The molecular weight excluding hydrogens is 441 g/mol. The second kappa shape index (κ2) is 10.2. The van der Waals surface area contributed by atoms with Crippen molar-refractivity contribution in [3.05, 3.63) is 0 Å². The highest BCUT2D eigenvalue weighted by molar-refractivity contribution is 14.0. The van der Waals surface area contributed by atoms with Crippen LogP contribution >= 0.6 is 24.0 Å². The molecule has 0 radical (unpaired) electrons. The third-order valence-electron chi connectivity index (χ3n) is 4.09. The SMILES string of the molecule is CCNC(=NCC(C)(C)CCS(C)(=O)=O)NCC1(C)CCCO1.I. The zero-order valence-electron chi connectivity index (χ0n) is 15.6. The van der Waals surface area contributed by atoms with Crippen LogP contribution in [0.4, 0.5) is 0 Å². The Hall–Kier alpha value is -0.0900. The van der Waals surface area contributed by atoms with Gasteiger partial charge in [0.2, 0.25) is 0 Å². The van der Waals surface area contributed by atoms with E-state index in [2.05, 4.69) is 22.5 Å². The summed E-state index contributed by atoms with van der Waals surface area (Å²) >= 11 is 0. The lowest BCUT2D eigenvalue weighted by molar-refractivity contribution is 0.0242. The maximum absolute atomic E-state index is 11.3. The highest BCUT2D eigenvalue weighted by atomic mass is 127. The minimum absolute atomic E-state index is 0. The summed E-state index contributed by atoms with van der Waals surface area (Å²) in [6.45, 7) is 11.2. The molecular formula is C16H34IN3O3S. The molecule has 1 atom stereocenters. The molecule has 8 heteroatoms. The molecule has 0 aromatic carbocycles. The highest BCUT2D eigenvalue weighted by Gasteiger charge is 2.29. The lowest BCUT2D eigenvalue weighted by atomic mass is 9.90. The second-order valence-corrected chi connectivity index (χ2v) is 9.75. The quantitative estimate of drug-likeness (QED) is 0.320. The van der Waals surface area contributed by atoms with Crippen molar-refractivity contribution in [3.8, 4) is 0 Å². The van der Waals surface area contributed by atoms with Gasteiger partial charge in [-0.2, -0.15) is 0 Å². The van der Waals surface area contributed by atoms with E-state index in [1.54, 1.807) is 0 Å². The Labute approximate surface area is 164 Å². The van der Waals surface area contributed by atoms with E-state index >= 15 is 0 Å². The van der Waals surface area contributed by atoms with Crippen molar-refractivity contribution in [2.24, 2.45) is 10.4 Å². The highest BCUT2D eigenvalue weighted by Crippen LogP contribution is 2.24. The van der Waals surface area contributed by atoms with Crippen LogP contribution in [0.2, 0.25) is 0 Å². The van der Waals surface area contributed by atoms with Gasteiger partial charge in [0.15, 0.2) is 5.96 Å². The number of hydrogen-bond acceptors (Lipinski definition) is 4. The fraction of sp³-hybridized carbons (Fsp3) is 0.938. The van der Waals surface area contributed by atoms with Gasteiger partial charge in [-0.1, -0.05) is 13.8 Å². The van der Waals surface area contributed by atoms with Crippen LogP contribution in [0.3, 0.4) is 0 Å². The molecule has 1 aliphatic heterocycles. The predicted molar refractivity (Wildman–Crippen MR) is 111 cm³/mol. The monoisotopic (exact) mass is 475 g/mol. The van der Waals surface area contributed by atoms with Crippen LogP contribution in [-0.4, -0.2) is 58.2 Å². The van der Waals surface area contributed by atoms with Crippen molar-refractivity contribution in [3.63, 3.8) is 0 Å². The van der Waals surface area contributed by atoms with Crippen LogP contribution in [-0.2, 0) is 14.6 Å². The summed E-state index contributed by atoms with van der Waals surface area (Å²) in [7, 11) is -2.93. The number of nitrogens with one attached hydrogen (secondary N) is 2. The average molecular weight is 475 g/mol. The van der Waals surface area contributed by atoms with Crippen molar-refractivity contribution < 1.29 is 13.2 Å². The summed E-state index contributed by atoms with van der Waals surface area (Å²) in [6.07, 6.45) is 4.04. The summed E-state index contributed by atoms with van der Waals surface area (Å²) in [5.74, 6) is 0.961. The first-order valence-corrected chi connectivity index (χ1v) is 10.5. The molecule has 0 spiro atoms. The molecule has 0 aromatic rings. The number of sulfone groups is 1. The normalized spacial score (nSPS) is 22.1. The minimum Gasteiger partial charge on any atom is -0.373 e. The standard InChI is InChI=1S/C16H33N3O3S.HI/c1-6-17-14(19-13-16(4)8-7-10-22-16)18-12-15(2,3)9-11-23(5,20)21;/h6-13H2,1-5H3,(H2,17,18,19);1H. The molecule has 24 heavy (non-hydrogen) atoms. The van der Waals surface area contributed by atoms with E-state index < -0.39 is 9.84 Å². The second-order valence-electron chi connectivity index (χ2n) is 7.49. The van der Waals surface area contributed by atoms with Crippen LogP contribution in [0, 0.1) is 5.41 Å². The van der Waals surface area contributed by atoms with Gasteiger partial charge in [-0.25, -0.2) is 8.42 Å². The summed E-state index contributed by atoms with van der Waals surface area (Å²) in [5, 5.41) is 6.58. The van der Waals surface area contributed by atoms with Crippen LogP contribution in [0.15, 0.2) is 4.99 Å². The fourth-order valence-electron chi connectivity index (χ4n) is 2.42. The van der Waals surface area contributed by atoms with Gasteiger partial charge in [-0.3, -0.25) is 4.99 Å². The topological polar surface area (TPSA) is 79.8 Å². The molecule has 0 saturated carbocycles. The third-order valence-corrected chi connectivity index (χ3v) is 5.04. The maximum Gasteiger partial charge on any atom is 0.191 e. The van der Waals surface area contributed by atoms with Crippen molar-refractivity contribution >= 4 is 39.8 Å². The molecule has 1 fully saturated rings. The van der Waals surface area contributed by atoms with Crippen LogP contribution in [0.5, 0.6) is 0 Å². The van der Waals surface area contributed by atoms with E-state index in [4.69, 9.17) is 4.74 Å². The molecule has 1 rings (SSSR count). The summed E-state index contributed by atoms with van der Waals surface area (Å²) < 4.78 is 28.4. The third kappa shape index (κ3) is 10.0. The Morgan fingerprint density at radius 3 is 2.50 bits per heavy atom. The molecule has 6 nitrogen and oxygen atoms in total. The van der Waals surface area contributed by atoms with E-state index in [1.807, 2.05) is 20.8 Å². The number of guanidine groups is 1. The lowest BCUT2D eigenvalue weighted by Gasteiger charge is -2.26. The molecule has 1 heterocycles. The molecule has 1 aliphatic rings. The van der Waals surface area contributed by atoms with Gasteiger partial charge in [-0.15, -0.1) is 24.0 Å². The first-order valence-electron chi connectivity index (χ1n) is 8.39. The van der Waals surface area contributed by atoms with E-state index in [0.717, 1.165) is 38.5 Å². The lowest BCUT2D eigenvalue weighted by Crippen LogP contribution is -2.45. The molecule has 2 N–H and O–H groups in total. The van der Waals surface area contributed by atoms with Crippen molar-refractivity contribution in [1.29, 1.82) is 0 Å². The molecule has 0 amide bonds. The van der Waals surface area contributed by atoms with Gasteiger partial charge in [0, 0.05) is 32.5 Å². The molecule has 1 saturated heterocycles. The number of aliphatic imine (C=N–C) groups is 1. The average Bonchev–Trinajstić information content (AvgIpc) is 2.87. The minimum atomic E-state index is -2.93. The molecule has 0 aliphatic carbocycles. The Bertz CT molecular complexity index is 501. The van der Waals surface area contributed by atoms with Crippen LogP contribution in [0.1, 0.15) is 47.0 Å². The first-order chi connectivity index (χ1) is 10.6. The summed E-state index contributed by atoms with van der Waals surface area (Å²) in [6, 6.07) is 0. The maximum atomic E-state index is 11.3. The van der Waals surface area contributed by atoms with E-state index in [9.17, 15) is 8.42 Å². The molecule has 0 aromatic heterocycles. The van der Waals surface area contributed by atoms with E-state index in [0.29, 0.717) is 13.0 Å². The predicted octanol–water partition coefficient (Wildman–Crippen LogP) is 2.19. The van der Waals surface area contributed by atoms with Gasteiger partial charge in [-0.05, 0) is 38.5 Å². The fourth-order valence-corrected chi connectivity index (χ4v) is 3.35. The van der Waals surface area contributed by atoms with E-state index in [1.165, 1.54) is 6.26 Å². The Kier molecular flexibility index (Phi) is 10.1. The smallest absolute Gasteiger partial charge is 0.191 e. The van der Waals surface area contributed by atoms with Crippen LogP contribution < -0.4 is 10.6 Å². The Balaban J connectivity index is 0.00000529. The Morgan fingerprint density at radius 1 is 1.33 bits per heavy atom. The molecule has 144 valence electrons. The van der Waals surface area contributed by atoms with Gasteiger partial charge in [0.25, 0.3) is 0 Å². The zero-order chi connectivity index (χ0) is 17.6. The first kappa shape index (κ1) is 23.9. The number of ether oxygens (including phenoxy) is 1. The van der Waals surface area contributed by atoms with E-state index in [-0.39, 0.29) is 40.7 Å². The summed E-state index contributed by atoms with van der Waals surface area (Å²) in [5.41, 5.74) is -0.277. The van der Waals surface area contributed by atoms with Gasteiger partial charge in [0.1, 0.15) is 9.84 Å². The number of halogens is 1. The van der Waals surface area contributed by atoms with Crippen LogP contribution in [0.25, 0.3) is 0 Å². The van der Waals surface area contributed by atoms with Gasteiger partial charge in [0.05, 0.1) is 11.4 Å². The number of nitrogens with zero attached hydrogens (tertiary/aromatic N) is 1. The van der Waals surface area contributed by atoms with Gasteiger partial charge >= 0.3 is 0 Å². The Morgan fingerprint density at radius 2 is 2.00 bits per heavy atom. The molecule has 1 unspecified atom stereocenters. The largest absolute Gasteiger partial charge is 0.373 e. The van der Waals surface area contributed by atoms with Crippen molar-refractivity contribution in [2.75, 3.05) is 38.2 Å². The number of hydrogen-bond donors (Lipinski definition) is 2. The number of rotatable bonds is 8. The zero-order valence-corrected chi connectivity index (χ0v) is 18.8. The summed E-state index contributed by atoms with van der Waals surface area (Å²) in [4.78, 5) is 4.62. The van der Waals surface area contributed by atoms with Crippen molar-refractivity contribution in [2.45, 2.75) is 52.6 Å². The van der Waals surface area contributed by atoms with Crippen molar-refractivity contribution in [1.82, 2.24) is 10.6 Å². The van der Waals surface area contributed by atoms with Gasteiger partial charge < -0.3 is 15.4 Å². The molecule has 0 bridgehead atoms.